The van der Waals surface area contributed by atoms with E-state index in [4.69, 9.17) is 27.9 Å². The van der Waals surface area contributed by atoms with Crippen LogP contribution in [-0.4, -0.2) is 37.0 Å². The Morgan fingerprint density at radius 2 is 1.78 bits per heavy atom. The summed E-state index contributed by atoms with van der Waals surface area (Å²) in [6.07, 6.45) is 0.568. The van der Waals surface area contributed by atoms with Gasteiger partial charge in [0, 0.05) is 35.7 Å². The van der Waals surface area contributed by atoms with E-state index in [1.165, 1.54) is 16.7 Å². The number of imide groups is 1. The van der Waals surface area contributed by atoms with Gasteiger partial charge in [-0.05, 0) is 30.7 Å². The second-order valence-electron chi connectivity index (χ2n) is 5.85. The molecule has 3 rings (SSSR count). The van der Waals surface area contributed by atoms with Crippen molar-refractivity contribution in [2.75, 3.05) is 20.3 Å². The maximum Gasteiger partial charge on any atom is 0.268 e. The van der Waals surface area contributed by atoms with Crippen LogP contribution in [0, 0.1) is 0 Å². The van der Waals surface area contributed by atoms with Gasteiger partial charge in [0.15, 0.2) is 0 Å². The summed E-state index contributed by atoms with van der Waals surface area (Å²) >= 11 is 13.6. The fraction of sp³-hybridized carbons (Fsp3) is 0.200. The van der Waals surface area contributed by atoms with Crippen molar-refractivity contribution in [3.05, 3.63) is 69.0 Å². The highest BCUT2D eigenvalue weighted by atomic mass is 35.5. The number of carbonyl (C=O) groups is 2. The Morgan fingerprint density at radius 1 is 1.04 bits per heavy atom. The molecule has 0 aromatic heterocycles. The number of ether oxygens (including phenoxy) is 1. The summed E-state index contributed by atoms with van der Waals surface area (Å²) in [5.74, 6) is -0.662. The fourth-order valence-electron chi connectivity index (χ4n) is 2.75. The van der Waals surface area contributed by atoms with Crippen LogP contribution in [0.2, 0.25) is 10.0 Å². The quantitative estimate of drug-likeness (QED) is 0.470. The predicted octanol–water partition coefficient (Wildman–Crippen LogP) is 4.90. The maximum atomic E-state index is 13.0. The summed E-state index contributed by atoms with van der Waals surface area (Å²) < 4.78 is 5.03. The number of thioether (sulfide) groups is 1. The molecular weight excluding hydrogens is 405 g/mol. The van der Waals surface area contributed by atoms with Gasteiger partial charge >= 0.3 is 0 Å². The molecule has 0 spiro atoms. The van der Waals surface area contributed by atoms with Crippen LogP contribution in [0.1, 0.15) is 12.0 Å². The number of nitrogens with zero attached hydrogens (tertiary/aromatic N) is 1. The summed E-state index contributed by atoms with van der Waals surface area (Å²) in [6, 6.07) is 14.4. The van der Waals surface area contributed by atoms with E-state index in [2.05, 4.69) is 0 Å². The molecule has 0 atom stereocenters. The Labute approximate surface area is 172 Å². The zero-order chi connectivity index (χ0) is 19.4. The lowest BCUT2D eigenvalue weighted by molar-refractivity contribution is -0.136. The molecule has 1 heterocycles. The summed E-state index contributed by atoms with van der Waals surface area (Å²) in [6.45, 7) is 0.758. The smallest absolute Gasteiger partial charge is 0.268 e. The van der Waals surface area contributed by atoms with Crippen LogP contribution in [0.4, 0.5) is 0 Å². The number of amides is 2. The molecule has 27 heavy (non-hydrogen) atoms. The van der Waals surface area contributed by atoms with Gasteiger partial charge in [-0.3, -0.25) is 14.5 Å². The van der Waals surface area contributed by atoms with E-state index in [1.807, 2.05) is 30.3 Å². The first kappa shape index (κ1) is 20.0. The predicted molar refractivity (Wildman–Crippen MR) is 109 cm³/mol. The number of halogens is 2. The number of methoxy groups -OCH3 is 1. The monoisotopic (exact) mass is 421 g/mol. The van der Waals surface area contributed by atoms with Gasteiger partial charge < -0.3 is 4.74 Å². The van der Waals surface area contributed by atoms with Crippen LogP contribution in [0.5, 0.6) is 0 Å². The lowest BCUT2D eigenvalue weighted by atomic mass is 10.1. The third-order valence-corrected chi connectivity index (χ3v) is 5.66. The molecule has 0 fully saturated rings. The fourth-order valence-corrected chi connectivity index (χ4v) is 4.28. The number of hydrogen-bond acceptors (Lipinski definition) is 4. The minimum Gasteiger partial charge on any atom is -0.385 e. The van der Waals surface area contributed by atoms with E-state index in [0.717, 1.165) is 4.90 Å². The first-order valence-electron chi connectivity index (χ1n) is 8.30. The Morgan fingerprint density at radius 3 is 2.44 bits per heavy atom. The molecule has 2 aromatic carbocycles. The number of carbonyl (C=O) groups excluding carboxylic acids is 2. The summed E-state index contributed by atoms with van der Waals surface area (Å²) in [4.78, 5) is 28.5. The Hall–Kier alpha value is -1.79. The normalized spacial score (nSPS) is 14.4. The Kier molecular flexibility index (Phi) is 6.60. The largest absolute Gasteiger partial charge is 0.385 e. The van der Waals surface area contributed by atoms with Gasteiger partial charge in [0.05, 0.1) is 15.5 Å². The average molecular weight is 422 g/mol. The highest BCUT2D eigenvalue weighted by Gasteiger charge is 2.39. The second-order valence-corrected chi connectivity index (χ2v) is 7.78. The van der Waals surface area contributed by atoms with Gasteiger partial charge in [0.25, 0.3) is 11.8 Å². The highest BCUT2D eigenvalue weighted by Crippen LogP contribution is 2.41. The maximum absolute atomic E-state index is 13.0. The number of benzene rings is 2. The van der Waals surface area contributed by atoms with Crippen molar-refractivity contribution < 1.29 is 14.3 Å². The van der Waals surface area contributed by atoms with E-state index in [-0.39, 0.29) is 11.8 Å². The molecule has 0 aliphatic carbocycles. The van der Waals surface area contributed by atoms with Crippen LogP contribution in [-0.2, 0) is 14.3 Å². The molecule has 7 heteroatoms. The van der Waals surface area contributed by atoms with Gasteiger partial charge in [-0.15, -0.1) is 0 Å². The molecule has 1 aliphatic heterocycles. The van der Waals surface area contributed by atoms with Gasteiger partial charge in [-0.1, -0.05) is 59.2 Å². The third-order valence-electron chi connectivity index (χ3n) is 4.02. The summed E-state index contributed by atoms with van der Waals surface area (Å²) in [5, 5.41) is 0.805. The molecule has 140 valence electrons. The zero-order valence-corrected chi connectivity index (χ0v) is 16.9. The van der Waals surface area contributed by atoms with Crippen molar-refractivity contribution in [2.24, 2.45) is 0 Å². The van der Waals surface area contributed by atoms with Crippen LogP contribution in [0.25, 0.3) is 5.57 Å². The third kappa shape index (κ3) is 4.38. The SMILES string of the molecule is COCCCN1C(=O)C(Sc2ccccc2)=C(c2ccc(Cl)cc2Cl)C1=O. The van der Waals surface area contributed by atoms with E-state index in [9.17, 15) is 9.59 Å². The second kappa shape index (κ2) is 8.93. The Balaban J connectivity index is 2.03. The van der Waals surface area contributed by atoms with Crippen LogP contribution in [0.15, 0.2) is 58.3 Å². The number of hydrogen-bond donors (Lipinski definition) is 0. The van der Waals surface area contributed by atoms with Crippen molar-refractivity contribution in [3.63, 3.8) is 0 Å². The highest BCUT2D eigenvalue weighted by molar-refractivity contribution is 8.04. The van der Waals surface area contributed by atoms with Gasteiger partial charge in [0.2, 0.25) is 0 Å². The topological polar surface area (TPSA) is 46.6 Å². The first-order valence-corrected chi connectivity index (χ1v) is 9.88. The first-order chi connectivity index (χ1) is 13.0. The van der Waals surface area contributed by atoms with Crippen molar-refractivity contribution in [1.82, 2.24) is 4.90 Å². The van der Waals surface area contributed by atoms with Crippen LogP contribution in [0.3, 0.4) is 0 Å². The average Bonchev–Trinajstić information content (AvgIpc) is 2.87. The van der Waals surface area contributed by atoms with Crippen molar-refractivity contribution in [2.45, 2.75) is 11.3 Å². The minimum absolute atomic E-state index is 0.291. The standard InChI is InChI=1S/C20H17Cl2NO3S/c1-26-11-5-10-23-19(24)17(15-9-8-13(21)12-16(15)22)18(20(23)25)27-14-6-3-2-4-7-14/h2-4,6-9,12H,5,10-11H2,1H3. The van der Waals surface area contributed by atoms with Gasteiger partial charge in [-0.2, -0.15) is 0 Å². The zero-order valence-electron chi connectivity index (χ0n) is 14.6. The van der Waals surface area contributed by atoms with E-state index in [0.29, 0.717) is 45.7 Å². The lowest BCUT2D eigenvalue weighted by Crippen LogP contribution is -2.33. The molecule has 0 bridgehead atoms. The minimum atomic E-state index is -0.348. The molecule has 0 saturated carbocycles. The summed E-state index contributed by atoms with van der Waals surface area (Å²) in [5.41, 5.74) is 0.819. The Bertz CT molecular complexity index is 899. The van der Waals surface area contributed by atoms with E-state index >= 15 is 0 Å². The lowest BCUT2D eigenvalue weighted by Gasteiger charge is -2.14. The van der Waals surface area contributed by atoms with Crippen molar-refractivity contribution in [1.29, 1.82) is 0 Å². The van der Waals surface area contributed by atoms with Gasteiger partial charge in [0.1, 0.15) is 0 Å². The molecule has 1 aliphatic rings. The molecule has 0 unspecified atom stereocenters. The molecule has 2 amide bonds. The molecule has 0 radical (unpaired) electrons. The van der Waals surface area contributed by atoms with Gasteiger partial charge in [-0.25, -0.2) is 0 Å². The summed E-state index contributed by atoms with van der Waals surface area (Å²) in [7, 11) is 1.58. The van der Waals surface area contributed by atoms with E-state index in [1.54, 1.807) is 25.3 Å². The van der Waals surface area contributed by atoms with E-state index < -0.39 is 0 Å². The van der Waals surface area contributed by atoms with Crippen LogP contribution >= 0.6 is 35.0 Å². The molecule has 0 saturated heterocycles. The van der Waals surface area contributed by atoms with Crippen molar-refractivity contribution >= 4 is 52.4 Å². The molecule has 4 nitrogen and oxygen atoms in total. The van der Waals surface area contributed by atoms with Crippen molar-refractivity contribution in [3.8, 4) is 0 Å². The molecular formula is C20H17Cl2NO3S. The molecule has 0 N–H and O–H groups in total. The van der Waals surface area contributed by atoms with Crippen LogP contribution < -0.4 is 0 Å². The number of rotatable bonds is 7. The molecule has 2 aromatic rings.